The molecule has 0 saturated carbocycles. The van der Waals surface area contributed by atoms with Crippen LogP contribution in [0.25, 0.3) is 0 Å². The minimum Gasteiger partial charge on any atom is -0.322 e. The molecule has 0 bridgehead atoms. The lowest BCUT2D eigenvalue weighted by Gasteiger charge is -2.07. The molecule has 2 rings (SSSR count). The van der Waals surface area contributed by atoms with Crippen LogP contribution in [-0.4, -0.2) is 10.8 Å². The number of carbonyl (C=O) groups excluding carboxylic acids is 1. The number of nitrogens with zero attached hydrogens (tertiary/aromatic N) is 1. The van der Waals surface area contributed by atoms with Crippen LogP contribution in [-0.2, 0) is 6.42 Å². The Labute approximate surface area is 126 Å². The molecule has 5 nitrogen and oxygen atoms in total. The zero-order chi connectivity index (χ0) is 15.4. The van der Waals surface area contributed by atoms with Crippen LogP contribution >= 0.6 is 11.6 Å². The first-order valence-corrected chi connectivity index (χ1v) is 6.73. The van der Waals surface area contributed by atoms with Crippen molar-refractivity contribution in [1.82, 2.24) is 0 Å². The lowest BCUT2D eigenvalue weighted by Crippen LogP contribution is -2.14. The Balaban J connectivity index is 2.27. The number of amides is 1. The van der Waals surface area contributed by atoms with Crippen molar-refractivity contribution in [2.75, 3.05) is 5.32 Å². The highest BCUT2D eigenvalue weighted by atomic mass is 35.5. The molecule has 1 amide bonds. The average molecular weight is 305 g/mol. The second kappa shape index (κ2) is 6.37. The van der Waals surface area contributed by atoms with E-state index in [0.29, 0.717) is 5.69 Å². The number of hydrogen-bond acceptors (Lipinski definition) is 3. The summed E-state index contributed by atoms with van der Waals surface area (Å²) in [5.74, 6) is -0.562. The highest BCUT2D eigenvalue weighted by molar-refractivity contribution is 6.31. The monoisotopic (exact) mass is 304 g/mol. The van der Waals surface area contributed by atoms with E-state index >= 15 is 0 Å². The summed E-state index contributed by atoms with van der Waals surface area (Å²) in [7, 11) is 0. The fourth-order valence-corrected chi connectivity index (χ4v) is 2.04. The Bertz CT molecular complexity index is 684. The summed E-state index contributed by atoms with van der Waals surface area (Å²) in [5, 5.41) is 13.9. The van der Waals surface area contributed by atoms with Gasteiger partial charge in [0.2, 0.25) is 0 Å². The number of carbonyl (C=O) groups is 1. The van der Waals surface area contributed by atoms with Crippen molar-refractivity contribution in [2.24, 2.45) is 0 Å². The van der Waals surface area contributed by atoms with Crippen LogP contribution in [0.2, 0.25) is 5.02 Å². The average Bonchev–Trinajstić information content (AvgIpc) is 2.47. The van der Waals surface area contributed by atoms with E-state index in [-0.39, 0.29) is 16.3 Å². The van der Waals surface area contributed by atoms with Crippen molar-refractivity contribution in [3.05, 3.63) is 68.7 Å². The molecule has 0 fully saturated rings. The van der Waals surface area contributed by atoms with Crippen molar-refractivity contribution in [2.45, 2.75) is 13.3 Å². The van der Waals surface area contributed by atoms with E-state index in [0.717, 1.165) is 12.0 Å². The summed E-state index contributed by atoms with van der Waals surface area (Å²) in [6.45, 7) is 2.03. The number of nitro groups is 1. The topological polar surface area (TPSA) is 72.2 Å². The molecule has 108 valence electrons. The number of benzene rings is 2. The van der Waals surface area contributed by atoms with Gasteiger partial charge in [-0.3, -0.25) is 14.9 Å². The van der Waals surface area contributed by atoms with Crippen molar-refractivity contribution in [3.63, 3.8) is 0 Å². The number of nitro benzene ring substituents is 1. The van der Waals surface area contributed by atoms with E-state index in [1.165, 1.54) is 18.2 Å². The van der Waals surface area contributed by atoms with E-state index in [1.807, 2.05) is 19.1 Å². The van der Waals surface area contributed by atoms with Gasteiger partial charge in [0.05, 0.1) is 4.92 Å². The van der Waals surface area contributed by atoms with Crippen molar-refractivity contribution < 1.29 is 9.72 Å². The number of anilines is 1. The Morgan fingerprint density at radius 3 is 2.48 bits per heavy atom. The van der Waals surface area contributed by atoms with Crippen LogP contribution in [0.1, 0.15) is 22.8 Å². The maximum Gasteiger partial charge on any atom is 0.282 e. The van der Waals surface area contributed by atoms with Gasteiger partial charge < -0.3 is 5.32 Å². The molecule has 1 N–H and O–H groups in total. The zero-order valence-electron chi connectivity index (χ0n) is 11.3. The number of halogens is 1. The molecule has 2 aromatic rings. The van der Waals surface area contributed by atoms with Crippen molar-refractivity contribution in [1.29, 1.82) is 0 Å². The molecule has 0 atom stereocenters. The molecule has 0 aromatic heterocycles. The Morgan fingerprint density at radius 2 is 1.90 bits per heavy atom. The van der Waals surface area contributed by atoms with Crippen LogP contribution in [0.4, 0.5) is 11.4 Å². The normalized spacial score (nSPS) is 10.2. The molecule has 0 aliphatic carbocycles. The van der Waals surface area contributed by atoms with Crippen LogP contribution in [0.5, 0.6) is 0 Å². The molecule has 0 aliphatic heterocycles. The van der Waals surface area contributed by atoms with Gasteiger partial charge in [-0.25, -0.2) is 0 Å². The van der Waals surface area contributed by atoms with Crippen molar-refractivity contribution >= 4 is 28.9 Å². The molecular weight excluding hydrogens is 292 g/mol. The fraction of sp³-hybridized carbons (Fsp3) is 0.133. The van der Waals surface area contributed by atoms with E-state index in [9.17, 15) is 14.9 Å². The van der Waals surface area contributed by atoms with E-state index in [4.69, 9.17) is 11.6 Å². The zero-order valence-corrected chi connectivity index (χ0v) is 12.1. The smallest absolute Gasteiger partial charge is 0.282 e. The van der Waals surface area contributed by atoms with Gasteiger partial charge >= 0.3 is 0 Å². The Kier molecular flexibility index (Phi) is 4.55. The Hall–Kier alpha value is -2.40. The SMILES string of the molecule is CCc1ccc(NC(=O)c2cc(Cl)ccc2[N+](=O)[O-])cc1. The van der Waals surface area contributed by atoms with Crippen LogP contribution in [0.3, 0.4) is 0 Å². The standard InChI is InChI=1S/C15H13ClN2O3/c1-2-10-3-6-12(7-4-10)17-15(19)13-9-11(16)5-8-14(13)18(20)21/h3-9H,2H2,1H3,(H,17,19). The van der Waals surface area contributed by atoms with Gasteiger partial charge in [0, 0.05) is 16.8 Å². The lowest BCUT2D eigenvalue weighted by molar-refractivity contribution is -0.385. The minimum atomic E-state index is -0.606. The van der Waals surface area contributed by atoms with E-state index < -0.39 is 10.8 Å². The molecule has 6 heteroatoms. The molecule has 0 unspecified atom stereocenters. The number of rotatable bonds is 4. The number of nitrogens with one attached hydrogen (secondary N) is 1. The quantitative estimate of drug-likeness (QED) is 0.683. The molecular formula is C15H13ClN2O3. The molecule has 0 radical (unpaired) electrons. The van der Waals surface area contributed by atoms with E-state index in [1.54, 1.807) is 12.1 Å². The largest absolute Gasteiger partial charge is 0.322 e. The van der Waals surface area contributed by atoms with Gasteiger partial charge in [-0.2, -0.15) is 0 Å². The minimum absolute atomic E-state index is 0.0629. The lowest BCUT2D eigenvalue weighted by atomic mass is 10.1. The summed E-state index contributed by atoms with van der Waals surface area (Å²) in [6, 6.07) is 11.2. The molecule has 21 heavy (non-hydrogen) atoms. The summed E-state index contributed by atoms with van der Waals surface area (Å²) in [6.07, 6.45) is 0.897. The summed E-state index contributed by atoms with van der Waals surface area (Å²) in [4.78, 5) is 22.5. The molecule has 2 aromatic carbocycles. The van der Waals surface area contributed by atoms with Gasteiger partial charge in [-0.1, -0.05) is 30.7 Å². The van der Waals surface area contributed by atoms with Crippen LogP contribution < -0.4 is 5.32 Å². The first-order valence-electron chi connectivity index (χ1n) is 6.35. The maximum absolute atomic E-state index is 12.2. The number of hydrogen-bond donors (Lipinski definition) is 1. The predicted octanol–water partition coefficient (Wildman–Crippen LogP) is 4.06. The van der Waals surface area contributed by atoms with Gasteiger partial charge in [0.25, 0.3) is 11.6 Å². The third-order valence-corrected chi connectivity index (χ3v) is 3.26. The third-order valence-electron chi connectivity index (χ3n) is 3.02. The predicted molar refractivity (Wildman–Crippen MR) is 81.9 cm³/mol. The van der Waals surface area contributed by atoms with Crippen LogP contribution in [0.15, 0.2) is 42.5 Å². The first-order chi connectivity index (χ1) is 10.0. The van der Waals surface area contributed by atoms with E-state index in [2.05, 4.69) is 5.32 Å². The molecule has 0 spiro atoms. The maximum atomic E-state index is 12.2. The number of aryl methyl sites for hydroxylation is 1. The molecule has 0 saturated heterocycles. The second-order valence-corrected chi connectivity index (χ2v) is 4.86. The fourth-order valence-electron chi connectivity index (χ4n) is 1.87. The highest BCUT2D eigenvalue weighted by Gasteiger charge is 2.20. The first kappa shape index (κ1) is 15.0. The molecule has 0 heterocycles. The highest BCUT2D eigenvalue weighted by Crippen LogP contribution is 2.24. The molecule has 0 aliphatic rings. The van der Waals surface area contributed by atoms with Gasteiger partial charge in [0.1, 0.15) is 5.56 Å². The summed E-state index contributed by atoms with van der Waals surface area (Å²) in [5.41, 5.74) is 1.38. The summed E-state index contributed by atoms with van der Waals surface area (Å²) < 4.78 is 0. The van der Waals surface area contributed by atoms with Crippen molar-refractivity contribution in [3.8, 4) is 0 Å². The second-order valence-electron chi connectivity index (χ2n) is 4.42. The van der Waals surface area contributed by atoms with Gasteiger partial charge in [0.15, 0.2) is 0 Å². The summed E-state index contributed by atoms with van der Waals surface area (Å²) >= 11 is 5.81. The Morgan fingerprint density at radius 1 is 1.24 bits per heavy atom. The van der Waals surface area contributed by atoms with Crippen LogP contribution in [0, 0.1) is 10.1 Å². The van der Waals surface area contributed by atoms with Gasteiger partial charge in [-0.15, -0.1) is 0 Å². The van der Waals surface area contributed by atoms with Gasteiger partial charge in [-0.05, 0) is 36.2 Å². The third kappa shape index (κ3) is 3.58.